The smallest absolute Gasteiger partial charge is 0.161 e. The first-order chi connectivity index (χ1) is 10.2. The molecule has 21 heavy (non-hydrogen) atoms. The summed E-state index contributed by atoms with van der Waals surface area (Å²) < 4.78 is 12.3. The van der Waals surface area contributed by atoms with Gasteiger partial charge in [0.25, 0.3) is 0 Å². The Morgan fingerprint density at radius 3 is 2.43 bits per heavy atom. The Balaban J connectivity index is 1.97. The highest BCUT2D eigenvalue weighted by Crippen LogP contribution is 2.34. The first-order valence-electron chi connectivity index (χ1n) is 6.81. The van der Waals surface area contributed by atoms with Gasteiger partial charge in [-0.15, -0.1) is 0 Å². The van der Waals surface area contributed by atoms with Gasteiger partial charge in [0, 0.05) is 4.47 Å². The van der Waals surface area contributed by atoms with Crippen LogP contribution in [0, 0.1) is 6.92 Å². The van der Waals surface area contributed by atoms with Crippen LogP contribution in [0.2, 0.25) is 0 Å². The minimum atomic E-state index is -0.0902. The van der Waals surface area contributed by atoms with E-state index >= 15 is 0 Å². The number of hydrogen-bond donors (Lipinski definition) is 2. The second-order valence-corrected chi connectivity index (χ2v) is 5.87. The zero-order valence-corrected chi connectivity index (χ0v) is 13.3. The summed E-state index contributed by atoms with van der Waals surface area (Å²) in [5, 5.41) is 0. The Kier molecular flexibility index (Phi) is 4.14. The molecule has 1 heterocycles. The van der Waals surface area contributed by atoms with E-state index in [1.54, 1.807) is 0 Å². The number of ether oxygens (including phenoxy) is 2. The lowest BCUT2D eigenvalue weighted by molar-refractivity contribution is 0.171. The number of rotatable bonds is 3. The van der Waals surface area contributed by atoms with Crippen molar-refractivity contribution < 1.29 is 9.47 Å². The number of halogens is 1. The van der Waals surface area contributed by atoms with Crippen molar-refractivity contribution in [1.82, 2.24) is 5.43 Å². The van der Waals surface area contributed by atoms with E-state index in [9.17, 15) is 0 Å². The highest BCUT2D eigenvalue weighted by Gasteiger charge is 2.18. The number of nitrogens with two attached hydrogens (primary N) is 1. The Bertz CT molecular complexity index is 661. The maximum atomic E-state index is 5.77. The molecule has 0 spiro atoms. The number of nitrogens with one attached hydrogen (secondary N) is 1. The van der Waals surface area contributed by atoms with Crippen LogP contribution in [-0.2, 0) is 0 Å². The fraction of sp³-hybridized carbons (Fsp3) is 0.250. The van der Waals surface area contributed by atoms with Crippen LogP contribution in [0.15, 0.2) is 40.9 Å². The molecule has 0 aromatic heterocycles. The molecule has 110 valence electrons. The van der Waals surface area contributed by atoms with E-state index in [1.165, 1.54) is 5.56 Å². The van der Waals surface area contributed by atoms with Gasteiger partial charge in [0.1, 0.15) is 13.2 Å². The lowest BCUT2D eigenvalue weighted by Gasteiger charge is -2.22. The highest BCUT2D eigenvalue weighted by molar-refractivity contribution is 9.10. The van der Waals surface area contributed by atoms with E-state index < -0.39 is 0 Å². The van der Waals surface area contributed by atoms with Gasteiger partial charge in [-0.2, -0.15) is 0 Å². The Hall–Kier alpha value is -1.56. The molecule has 0 aliphatic carbocycles. The maximum absolute atomic E-state index is 5.77. The lowest BCUT2D eigenvalue weighted by atomic mass is 9.97. The van der Waals surface area contributed by atoms with Crippen molar-refractivity contribution in [3.8, 4) is 11.5 Å². The van der Waals surface area contributed by atoms with Crippen LogP contribution in [0.5, 0.6) is 11.5 Å². The Morgan fingerprint density at radius 2 is 1.71 bits per heavy atom. The quantitative estimate of drug-likeness (QED) is 0.661. The summed E-state index contributed by atoms with van der Waals surface area (Å²) >= 11 is 3.52. The van der Waals surface area contributed by atoms with Gasteiger partial charge >= 0.3 is 0 Å². The van der Waals surface area contributed by atoms with E-state index in [0.717, 1.165) is 27.1 Å². The third kappa shape index (κ3) is 2.90. The molecule has 3 rings (SSSR count). The van der Waals surface area contributed by atoms with Gasteiger partial charge in [0.05, 0.1) is 6.04 Å². The van der Waals surface area contributed by atoms with Crippen LogP contribution in [-0.4, -0.2) is 13.2 Å². The van der Waals surface area contributed by atoms with Crippen LogP contribution in [0.3, 0.4) is 0 Å². The Labute approximate surface area is 132 Å². The molecule has 2 aromatic rings. The van der Waals surface area contributed by atoms with Gasteiger partial charge in [-0.25, -0.2) is 5.43 Å². The van der Waals surface area contributed by atoms with Gasteiger partial charge in [0.2, 0.25) is 0 Å². The van der Waals surface area contributed by atoms with Crippen molar-refractivity contribution in [2.45, 2.75) is 13.0 Å². The molecule has 0 radical (unpaired) electrons. The van der Waals surface area contributed by atoms with Gasteiger partial charge < -0.3 is 9.47 Å². The van der Waals surface area contributed by atoms with Gasteiger partial charge in [-0.1, -0.05) is 34.1 Å². The summed E-state index contributed by atoms with van der Waals surface area (Å²) in [4.78, 5) is 0. The van der Waals surface area contributed by atoms with Gasteiger partial charge in [-0.05, 0) is 41.8 Å². The molecule has 0 saturated heterocycles. The number of benzene rings is 2. The third-order valence-electron chi connectivity index (χ3n) is 3.58. The molecule has 5 heteroatoms. The van der Waals surface area contributed by atoms with E-state index in [4.69, 9.17) is 15.3 Å². The number of aryl methyl sites for hydroxylation is 1. The molecule has 0 amide bonds. The second-order valence-electron chi connectivity index (χ2n) is 5.01. The SMILES string of the molecule is Cc1cc(C(NN)c2ccc3c(c2)OCCO3)ccc1Br. The van der Waals surface area contributed by atoms with Crippen LogP contribution in [0.4, 0.5) is 0 Å². The molecule has 0 bridgehead atoms. The first-order valence-corrected chi connectivity index (χ1v) is 7.60. The Morgan fingerprint density at radius 1 is 1.05 bits per heavy atom. The summed E-state index contributed by atoms with van der Waals surface area (Å²) in [6.07, 6.45) is 0. The zero-order valence-electron chi connectivity index (χ0n) is 11.7. The van der Waals surface area contributed by atoms with Crippen molar-refractivity contribution in [2.75, 3.05) is 13.2 Å². The summed E-state index contributed by atoms with van der Waals surface area (Å²) in [5.41, 5.74) is 6.20. The first kappa shape index (κ1) is 14.4. The molecule has 4 nitrogen and oxygen atoms in total. The third-order valence-corrected chi connectivity index (χ3v) is 4.47. The summed E-state index contributed by atoms with van der Waals surface area (Å²) in [5.74, 6) is 7.32. The zero-order chi connectivity index (χ0) is 14.8. The fourth-order valence-corrected chi connectivity index (χ4v) is 2.72. The molecule has 0 saturated carbocycles. The normalized spacial score (nSPS) is 14.8. The largest absolute Gasteiger partial charge is 0.486 e. The molecule has 1 atom stereocenters. The molecule has 1 aliphatic rings. The molecular formula is C16H17BrN2O2. The van der Waals surface area contributed by atoms with Crippen molar-refractivity contribution in [3.05, 3.63) is 57.6 Å². The van der Waals surface area contributed by atoms with Crippen LogP contribution in [0.25, 0.3) is 0 Å². The van der Waals surface area contributed by atoms with Gasteiger partial charge in [0.15, 0.2) is 11.5 Å². The van der Waals surface area contributed by atoms with E-state index in [1.807, 2.05) is 24.3 Å². The fourth-order valence-electron chi connectivity index (χ4n) is 2.47. The number of hydrogen-bond acceptors (Lipinski definition) is 4. The van der Waals surface area contributed by atoms with Crippen LogP contribution in [0.1, 0.15) is 22.7 Å². The van der Waals surface area contributed by atoms with Gasteiger partial charge in [-0.3, -0.25) is 5.84 Å². The minimum Gasteiger partial charge on any atom is -0.486 e. The van der Waals surface area contributed by atoms with Crippen molar-refractivity contribution >= 4 is 15.9 Å². The van der Waals surface area contributed by atoms with E-state index in [0.29, 0.717) is 13.2 Å². The number of hydrazine groups is 1. The number of fused-ring (bicyclic) bond motifs is 1. The monoisotopic (exact) mass is 348 g/mol. The molecular weight excluding hydrogens is 332 g/mol. The van der Waals surface area contributed by atoms with Crippen molar-refractivity contribution in [3.63, 3.8) is 0 Å². The predicted octanol–water partition coefficient (Wildman–Crippen LogP) is 3.08. The van der Waals surface area contributed by atoms with E-state index in [-0.39, 0.29) is 6.04 Å². The summed E-state index contributed by atoms with van der Waals surface area (Å²) in [6, 6.07) is 12.0. The molecule has 0 fully saturated rings. The maximum Gasteiger partial charge on any atom is 0.161 e. The van der Waals surface area contributed by atoms with Crippen molar-refractivity contribution in [2.24, 2.45) is 5.84 Å². The average molecular weight is 349 g/mol. The molecule has 1 aliphatic heterocycles. The second kappa shape index (κ2) is 6.05. The topological polar surface area (TPSA) is 56.5 Å². The van der Waals surface area contributed by atoms with E-state index in [2.05, 4.69) is 40.4 Å². The lowest BCUT2D eigenvalue weighted by Crippen LogP contribution is -2.29. The minimum absolute atomic E-state index is 0.0902. The highest BCUT2D eigenvalue weighted by atomic mass is 79.9. The molecule has 2 aromatic carbocycles. The summed E-state index contributed by atoms with van der Waals surface area (Å²) in [7, 11) is 0. The molecule has 1 unspecified atom stereocenters. The molecule has 3 N–H and O–H groups in total. The van der Waals surface area contributed by atoms with Crippen molar-refractivity contribution in [1.29, 1.82) is 0 Å². The summed E-state index contributed by atoms with van der Waals surface area (Å²) in [6.45, 7) is 3.23. The standard InChI is InChI=1S/C16H17BrN2O2/c1-10-8-11(2-4-13(10)17)16(19-18)12-3-5-14-15(9-12)21-7-6-20-14/h2-5,8-9,16,19H,6-7,18H2,1H3. The average Bonchev–Trinajstić information content (AvgIpc) is 2.51. The van der Waals surface area contributed by atoms with Crippen LogP contribution < -0.4 is 20.7 Å². The van der Waals surface area contributed by atoms with Crippen LogP contribution >= 0.6 is 15.9 Å². The predicted molar refractivity (Wildman–Crippen MR) is 85.5 cm³/mol.